The first-order valence-corrected chi connectivity index (χ1v) is 9.92. The van der Waals surface area contributed by atoms with E-state index >= 15 is 0 Å². The molecule has 0 aliphatic carbocycles. The first-order chi connectivity index (χ1) is 12.7. The van der Waals surface area contributed by atoms with Gasteiger partial charge in [-0.1, -0.05) is 36.4 Å². The third-order valence-corrected chi connectivity index (χ3v) is 6.53. The van der Waals surface area contributed by atoms with Crippen molar-refractivity contribution >= 4 is 15.8 Å². The van der Waals surface area contributed by atoms with Crippen molar-refractivity contribution in [2.75, 3.05) is 0 Å². The molecule has 0 fully saturated rings. The standard InChI is InChI=1S/C20H21N3O3S/c1-14-12-17(20(2,27(21,25)26)16-10-7-11-22-13-16)23(3)18(14)19(24)15-8-5-4-6-9-15/h4-13H,1-3H3,(H2,21,25,26). The number of carbonyl (C=O) groups excluding carboxylic acids is 1. The molecule has 0 aliphatic heterocycles. The summed E-state index contributed by atoms with van der Waals surface area (Å²) in [5.74, 6) is -0.176. The number of primary sulfonamides is 1. The Morgan fingerprint density at radius 1 is 1.15 bits per heavy atom. The van der Waals surface area contributed by atoms with E-state index in [1.54, 1.807) is 67.2 Å². The first-order valence-electron chi connectivity index (χ1n) is 8.37. The number of aromatic nitrogens is 2. The van der Waals surface area contributed by atoms with Gasteiger partial charge in [0.25, 0.3) is 0 Å². The van der Waals surface area contributed by atoms with Gasteiger partial charge in [-0.2, -0.15) is 0 Å². The van der Waals surface area contributed by atoms with Crippen molar-refractivity contribution in [1.82, 2.24) is 9.55 Å². The lowest BCUT2D eigenvalue weighted by atomic mass is 9.98. The van der Waals surface area contributed by atoms with Gasteiger partial charge < -0.3 is 4.57 Å². The number of nitrogens with two attached hydrogens (primary N) is 1. The SMILES string of the molecule is Cc1cc(C(C)(c2cccnc2)S(N)(=O)=O)n(C)c1C(=O)c1ccccc1. The van der Waals surface area contributed by atoms with Gasteiger partial charge in [-0.15, -0.1) is 0 Å². The number of ketones is 1. The Morgan fingerprint density at radius 3 is 2.37 bits per heavy atom. The fourth-order valence-electron chi connectivity index (χ4n) is 3.37. The molecule has 6 nitrogen and oxygen atoms in total. The molecule has 0 amide bonds. The van der Waals surface area contributed by atoms with Crippen LogP contribution in [0.5, 0.6) is 0 Å². The molecule has 140 valence electrons. The zero-order valence-electron chi connectivity index (χ0n) is 15.4. The molecule has 3 rings (SSSR count). The normalized spacial score (nSPS) is 13.9. The summed E-state index contributed by atoms with van der Waals surface area (Å²) >= 11 is 0. The summed E-state index contributed by atoms with van der Waals surface area (Å²) in [6.07, 6.45) is 3.04. The number of aryl methyl sites for hydroxylation is 1. The van der Waals surface area contributed by atoms with E-state index in [1.807, 2.05) is 6.07 Å². The van der Waals surface area contributed by atoms with Gasteiger partial charge >= 0.3 is 0 Å². The third-order valence-electron chi connectivity index (χ3n) is 4.94. The Hall–Kier alpha value is -2.77. The molecule has 1 atom stereocenters. The van der Waals surface area contributed by atoms with Crippen molar-refractivity contribution in [3.05, 3.63) is 89.0 Å². The van der Waals surface area contributed by atoms with Crippen LogP contribution in [0.25, 0.3) is 0 Å². The van der Waals surface area contributed by atoms with Crippen molar-refractivity contribution in [2.45, 2.75) is 18.6 Å². The van der Waals surface area contributed by atoms with Crippen molar-refractivity contribution < 1.29 is 13.2 Å². The molecule has 0 radical (unpaired) electrons. The summed E-state index contributed by atoms with van der Waals surface area (Å²) in [7, 11) is -2.38. The Labute approximate surface area is 158 Å². The maximum Gasteiger partial charge on any atom is 0.224 e. The Morgan fingerprint density at radius 2 is 1.81 bits per heavy atom. The Bertz CT molecular complexity index is 1090. The minimum Gasteiger partial charge on any atom is -0.343 e. The highest BCUT2D eigenvalue weighted by molar-refractivity contribution is 7.90. The lowest BCUT2D eigenvalue weighted by Crippen LogP contribution is -2.41. The van der Waals surface area contributed by atoms with E-state index in [2.05, 4.69) is 4.98 Å². The van der Waals surface area contributed by atoms with Gasteiger partial charge in [-0.25, -0.2) is 13.6 Å². The second kappa shape index (κ2) is 6.75. The van der Waals surface area contributed by atoms with Crippen LogP contribution in [0, 0.1) is 6.92 Å². The molecule has 3 aromatic rings. The van der Waals surface area contributed by atoms with E-state index in [4.69, 9.17) is 5.14 Å². The highest BCUT2D eigenvalue weighted by atomic mass is 32.2. The van der Waals surface area contributed by atoms with Crippen LogP contribution in [-0.2, 0) is 21.8 Å². The molecule has 27 heavy (non-hydrogen) atoms. The molecule has 0 spiro atoms. The minimum absolute atomic E-state index is 0.176. The maximum atomic E-state index is 13.0. The minimum atomic E-state index is -4.06. The zero-order valence-corrected chi connectivity index (χ0v) is 16.2. The predicted octanol–water partition coefficient (Wildman–Crippen LogP) is 2.51. The lowest BCUT2D eigenvalue weighted by Gasteiger charge is -2.28. The molecule has 0 bridgehead atoms. The first kappa shape index (κ1) is 19.0. The number of pyridine rings is 1. The number of benzene rings is 1. The second-order valence-electron chi connectivity index (χ2n) is 6.64. The van der Waals surface area contributed by atoms with Gasteiger partial charge in [-0.05, 0) is 37.1 Å². The van der Waals surface area contributed by atoms with E-state index in [-0.39, 0.29) is 5.78 Å². The molecule has 0 aliphatic rings. The number of rotatable bonds is 5. The zero-order chi connectivity index (χ0) is 19.8. The molecule has 2 aromatic heterocycles. The lowest BCUT2D eigenvalue weighted by molar-refractivity contribution is 0.103. The van der Waals surface area contributed by atoms with Crippen molar-refractivity contribution in [1.29, 1.82) is 0 Å². The van der Waals surface area contributed by atoms with E-state index in [0.29, 0.717) is 28.1 Å². The van der Waals surface area contributed by atoms with Crippen LogP contribution in [0.3, 0.4) is 0 Å². The summed E-state index contributed by atoms with van der Waals surface area (Å²) in [6.45, 7) is 3.32. The highest BCUT2D eigenvalue weighted by Gasteiger charge is 2.44. The summed E-state index contributed by atoms with van der Waals surface area (Å²) in [6, 6.07) is 13.9. The highest BCUT2D eigenvalue weighted by Crippen LogP contribution is 2.37. The van der Waals surface area contributed by atoms with Crippen LogP contribution in [-0.4, -0.2) is 23.8 Å². The van der Waals surface area contributed by atoms with Gasteiger partial charge in [0.1, 0.15) is 4.75 Å². The van der Waals surface area contributed by atoms with Crippen LogP contribution in [0.15, 0.2) is 60.9 Å². The smallest absolute Gasteiger partial charge is 0.224 e. The topological polar surface area (TPSA) is 95.0 Å². The largest absolute Gasteiger partial charge is 0.343 e. The van der Waals surface area contributed by atoms with Gasteiger partial charge in [-0.3, -0.25) is 9.78 Å². The molecular formula is C20H21N3O3S. The maximum absolute atomic E-state index is 13.0. The van der Waals surface area contributed by atoms with E-state index in [1.165, 1.54) is 13.1 Å². The average Bonchev–Trinajstić information content (AvgIpc) is 2.95. The molecule has 2 heterocycles. The van der Waals surface area contributed by atoms with Crippen LogP contribution in [0.2, 0.25) is 0 Å². The number of sulfonamides is 1. The number of carbonyl (C=O) groups is 1. The molecule has 0 saturated carbocycles. The van der Waals surface area contributed by atoms with E-state index < -0.39 is 14.8 Å². The Kier molecular flexibility index (Phi) is 4.75. The fourth-order valence-corrected chi connectivity index (χ4v) is 4.31. The van der Waals surface area contributed by atoms with Crippen molar-refractivity contribution in [2.24, 2.45) is 12.2 Å². The monoisotopic (exact) mass is 383 g/mol. The number of hydrogen-bond acceptors (Lipinski definition) is 4. The summed E-state index contributed by atoms with van der Waals surface area (Å²) in [5, 5.41) is 5.64. The average molecular weight is 383 g/mol. The predicted molar refractivity (Wildman–Crippen MR) is 104 cm³/mol. The molecule has 2 N–H and O–H groups in total. The van der Waals surface area contributed by atoms with E-state index in [0.717, 1.165) is 0 Å². The molecule has 1 aromatic carbocycles. The number of hydrogen-bond donors (Lipinski definition) is 1. The van der Waals surface area contributed by atoms with Crippen LogP contribution in [0.4, 0.5) is 0 Å². The van der Waals surface area contributed by atoms with Gasteiger partial charge in [0.15, 0.2) is 0 Å². The van der Waals surface area contributed by atoms with Gasteiger partial charge in [0.2, 0.25) is 15.8 Å². The quantitative estimate of drug-likeness (QED) is 0.685. The Balaban J connectivity index is 2.24. The van der Waals surface area contributed by atoms with Crippen LogP contribution in [0.1, 0.15) is 39.8 Å². The van der Waals surface area contributed by atoms with Gasteiger partial charge in [0.05, 0.1) is 5.69 Å². The van der Waals surface area contributed by atoms with Crippen molar-refractivity contribution in [3.63, 3.8) is 0 Å². The van der Waals surface area contributed by atoms with E-state index in [9.17, 15) is 13.2 Å². The second-order valence-corrected chi connectivity index (χ2v) is 8.54. The fraction of sp³-hybridized carbons (Fsp3) is 0.200. The molecule has 0 saturated heterocycles. The van der Waals surface area contributed by atoms with Crippen LogP contribution >= 0.6 is 0 Å². The van der Waals surface area contributed by atoms with Gasteiger partial charge in [0, 0.05) is 30.7 Å². The molecule has 7 heteroatoms. The summed E-state index contributed by atoms with van der Waals surface area (Å²) in [4.78, 5) is 17.0. The summed E-state index contributed by atoms with van der Waals surface area (Å²) < 4.78 is 25.3. The third kappa shape index (κ3) is 3.09. The van der Waals surface area contributed by atoms with Crippen LogP contribution < -0.4 is 5.14 Å². The van der Waals surface area contributed by atoms with Crippen molar-refractivity contribution in [3.8, 4) is 0 Å². The molecule has 1 unspecified atom stereocenters. The number of nitrogens with zero attached hydrogens (tertiary/aromatic N) is 2. The molecular weight excluding hydrogens is 362 g/mol. The summed E-state index contributed by atoms with van der Waals surface area (Å²) in [5.41, 5.74) is 2.49.